The third kappa shape index (κ3) is 5.66. The molecule has 1 N–H and O–H groups in total. The smallest absolute Gasteiger partial charge is 0.344 e. The summed E-state index contributed by atoms with van der Waals surface area (Å²) in [6.45, 7) is 1.00. The van der Waals surface area contributed by atoms with Crippen LogP contribution in [0.15, 0.2) is 36.4 Å². The van der Waals surface area contributed by atoms with E-state index in [9.17, 15) is 9.59 Å². The highest BCUT2D eigenvalue weighted by molar-refractivity contribution is 6.32. The van der Waals surface area contributed by atoms with Crippen molar-refractivity contribution in [2.45, 2.75) is 6.92 Å². The van der Waals surface area contributed by atoms with E-state index in [1.54, 1.807) is 12.1 Å². The lowest BCUT2D eigenvalue weighted by Crippen LogP contribution is -2.23. The van der Waals surface area contributed by atoms with Gasteiger partial charge < -0.3 is 14.8 Å². The molecule has 2 aromatic rings. The van der Waals surface area contributed by atoms with Crippen LogP contribution in [0.4, 0.5) is 5.69 Å². The molecule has 2 aromatic carbocycles. The average molecular weight is 393 g/mol. The maximum atomic E-state index is 11.8. The number of rotatable bonds is 6. The van der Waals surface area contributed by atoms with E-state index in [0.717, 1.165) is 5.56 Å². The summed E-state index contributed by atoms with van der Waals surface area (Å²) in [5.41, 5.74) is 1.61. The molecular formula is C18H14Cl2N2O4. The molecule has 0 aromatic heterocycles. The molecule has 0 saturated heterocycles. The minimum atomic E-state index is -0.712. The molecule has 26 heavy (non-hydrogen) atoms. The van der Waals surface area contributed by atoms with Gasteiger partial charge in [0.05, 0.1) is 15.6 Å². The second-order valence-electron chi connectivity index (χ2n) is 5.24. The van der Waals surface area contributed by atoms with Crippen molar-refractivity contribution in [3.63, 3.8) is 0 Å². The van der Waals surface area contributed by atoms with Gasteiger partial charge >= 0.3 is 5.97 Å². The molecule has 0 atom stereocenters. The number of nitriles is 1. The van der Waals surface area contributed by atoms with Crippen LogP contribution in [0.3, 0.4) is 0 Å². The highest BCUT2D eigenvalue weighted by Gasteiger charge is 2.11. The number of amides is 1. The lowest BCUT2D eigenvalue weighted by atomic mass is 10.2. The van der Waals surface area contributed by atoms with Crippen LogP contribution in [0.1, 0.15) is 11.1 Å². The molecule has 0 radical (unpaired) electrons. The van der Waals surface area contributed by atoms with Crippen LogP contribution >= 0.6 is 23.2 Å². The van der Waals surface area contributed by atoms with E-state index in [-0.39, 0.29) is 11.6 Å². The van der Waals surface area contributed by atoms with Gasteiger partial charge in [-0.1, -0.05) is 29.3 Å². The number of esters is 1. The first kappa shape index (κ1) is 19.6. The molecule has 0 unspecified atom stereocenters. The van der Waals surface area contributed by atoms with Gasteiger partial charge in [0.2, 0.25) is 0 Å². The minimum absolute atomic E-state index is 0.214. The monoisotopic (exact) mass is 392 g/mol. The molecule has 0 bridgehead atoms. The zero-order valence-corrected chi connectivity index (χ0v) is 15.2. The van der Waals surface area contributed by atoms with Crippen molar-refractivity contribution >= 4 is 40.8 Å². The Labute approximate surface area is 160 Å². The molecule has 6 nitrogen and oxygen atoms in total. The van der Waals surface area contributed by atoms with Gasteiger partial charge in [-0.25, -0.2) is 4.79 Å². The number of hydrogen-bond donors (Lipinski definition) is 1. The highest BCUT2D eigenvalue weighted by Crippen LogP contribution is 2.25. The zero-order valence-electron chi connectivity index (χ0n) is 13.7. The Bertz CT molecular complexity index is 878. The first-order valence-electron chi connectivity index (χ1n) is 7.43. The number of halogens is 2. The Hall–Kier alpha value is -2.75. The second kappa shape index (κ2) is 9.09. The van der Waals surface area contributed by atoms with E-state index in [0.29, 0.717) is 22.0 Å². The van der Waals surface area contributed by atoms with E-state index >= 15 is 0 Å². The largest absolute Gasteiger partial charge is 0.480 e. The Balaban J connectivity index is 1.80. The number of carbonyl (C=O) groups excluding carboxylic acids is 2. The van der Waals surface area contributed by atoms with Crippen LogP contribution in [-0.4, -0.2) is 25.1 Å². The molecule has 134 valence electrons. The van der Waals surface area contributed by atoms with Crippen LogP contribution in [0, 0.1) is 18.3 Å². The molecule has 8 heteroatoms. The molecule has 0 spiro atoms. The maximum Gasteiger partial charge on any atom is 0.344 e. The van der Waals surface area contributed by atoms with Crippen LogP contribution in [0.2, 0.25) is 10.0 Å². The number of nitrogens with zero attached hydrogens (tertiary/aromatic N) is 1. The fraction of sp³-hybridized carbons (Fsp3) is 0.167. The second-order valence-corrected chi connectivity index (χ2v) is 6.05. The van der Waals surface area contributed by atoms with Crippen molar-refractivity contribution in [3.8, 4) is 11.8 Å². The first-order chi connectivity index (χ1) is 12.4. The molecule has 0 aliphatic rings. The molecular weight excluding hydrogens is 379 g/mol. The molecule has 0 fully saturated rings. The summed E-state index contributed by atoms with van der Waals surface area (Å²) in [4.78, 5) is 23.5. The van der Waals surface area contributed by atoms with E-state index in [1.807, 2.05) is 19.1 Å². The fourth-order valence-corrected chi connectivity index (χ4v) is 2.32. The van der Waals surface area contributed by atoms with Crippen molar-refractivity contribution < 1.29 is 19.1 Å². The zero-order chi connectivity index (χ0) is 19.1. The third-order valence-electron chi connectivity index (χ3n) is 3.17. The van der Waals surface area contributed by atoms with Gasteiger partial charge in [0.15, 0.2) is 13.2 Å². The van der Waals surface area contributed by atoms with Crippen molar-refractivity contribution in [2.75, 3.05) is 18.5 Å². The lowest BCUT2D eigenvalue weighted by Gasteiger charge is -2.09. The highest BCUT2D eigenvalue weighted by atomic mass is 35.5. The van der Waals surface area contributed by atoms with Gasteiger partial charge in [-0.15, -0.1) is 0 Å². The van der Waals surface area contributed by atoms with Crippen LogP contribution in [0.25, 0.3) is 0 Å². The van der Waals surface area contributed by atoms with E-state index < -0.39 is 18.5 Å². The average Bonchev–Trinajstić information content (AvgIpc) is 2.61. The van der Waals surface area contributed by atoms with Gasteiger partial charge in [-0.2, -0.15) is 5.26 Å². The number of hydrogen-bond acceptors (Lipinski definition) is 5. The summed E-state index contributed by atoms with van der Waals surface area (Å²) in [5.74, 6) is -0.899. The molecule has 0 saturated carbocycles. The van der Waals surface area contributed by atoms with Crippen LogP contribution in [0.5, 0.6) is 5.75 Å². The first-order valence-corrected chi connectivity index (χ1v) is 8.18. The third-order valence-corrected chi connectivity index (χ3v) is 3.79. The number of anilines is 1. The predicted molar refractivity (Wildman–Crippen MR) is 97.4 cm³/mol. The van der Waals surface area contributed by atoms with Gasteiger partial charge in [0.25, 0.3) is 5.91 Å². The standard InChI is InChI=1S/C18H14Cl2N2O4/c1-11-2-5-14(19)16(6-11)25-10-18(24)26-9-17(23)22-13-4-3-12(8-21)15(20)7-13/h2-7H,9-10H2,1H3,(H,22,23). The Morgan fingerprint density at radius 3 is 2.58 bits per heavy atom. The van der Waals surface area contributed by atoms with Crippen molar-refractivity contribution in [3.05, 3.63) is 57.6 Å². The number of aryl methyl sites for hydroxylation is 1. The molecule has 0 aliphatic carbocycles. The molecule has 0 aliphatic heterocycles. The predicted octanol–water partition coefficient (Wildman–Crippen LogP) is 3.73. The fourth-order valence-electron chi connectivity index (χ4n) is 1.93. The van der Waals surface area contributed by atoms with Crippen LogP contribution < -0.4 is 10.1 Å². The number of benzene rings is 2. The van der Waals surface area contributed by atoms with E-state index in [1.165, 1.54) is 18.2 Å². The van der Waals surface area contributed by atoms with Gasteiger partial charge in [0, 0.05) is 5.69 Å². The van der Waals surface area contributed by atoms with E-state index in [2.05, 4.69) is 5.32 Å². The molecule has 1 amide bonds. The topological polar surface area (TPSA) is 88.4 Å². The SMILES string of the molecule is Cc1ccc(Cl)c(OCC(=O)OCC(=O)Nc2ccc(C#N)c(Cl)c2)c1. The summed E-state index contributed by atoms with van der Waals surface area (Å²) in [6.07, 6.45) is 0. The summed E-state index contributed by atoms with van der Waals surface area (Å²) in [7, 11) is 0. The number of nitrogens with one attached hydrogen (secondary N) is 1. The number of carbonyl (C=O) groups is 2. The number of ether oxygens (including phenoxy) is 2. The van der Waals surface area contributed by atoms with E-state index in [4.69, 9.17) is 37.9 Å². The summed E-state index contributed by atoms with van der Waals surface area (Å²) >= 11 is 11.8. The summed E-state index contributed by atoms with van der Waals surface area (Å²) in [6, 6.07) is 11.5. The lowest BCUT2D eigenvalue weighted by molar-refractivity contribution is -0.149. The van der Waals surface area contributed by atoms with Crippen LogP contribution in [-0.2, 0) is 14.3 Å². The van der Waals surface area contributed by atoms with Gasteiger partial charge in [-0.05, 0) is 42.8 Å². The quantitative estimate of drug-likeness (QED) is 0.756. The van der Waals surface area contributed by atoms with Crippen molar-refractivity contribution in [2.24, 2.45) is 0 Å². The van der Waals surface area contributed by atoms with Crippen molar-refractivity contribution in [1.29, 1.82) is 5.26 Å². The van der Waals surface area contributed by atoms with Gasteiger partial charge in [0.1, 0.15) is 11.8 Å². The molecule has 2 rings (SSSR count). The summed E-state index contributed by atoms with van der Waals surface area (Å²) < 4.78 is 10.1. The Kier molecular flexibility index (Phi) is 6.84. The molecule has 0 heterocycles. The summed E-state index contributed by atoms with van der Waals surface area (Å²) in [5, 5.41) is 11.9. The normalized spacial score (nSPS) is 9.92. The Morgan fingerprint density at radius 2 is 1.88 bits per heavy atom. The maximum absolute atomic E-state index is 11.8. The van der Waals surface area contributed by atoms with Crippen molar-refractivity contribution in [1.82, 2.24) is 0 Å². The Morgan fingerprint density at radius 1 is 1.12 bits per heavy atom. The van der Waals surface area contributed by atoms with Gasteiger partial charge in [-0.3, -0.25) is 4.79 Å². The minimum Gasteiger partial charge on any atom is -0.480 e.